The summed E-state index contributed by atoms with van der Waals surface area (Å²) in [6, 6.07) is 7.25. The highest BCUT2D eigenvalue weighted by molar-refractivity contribution is 5.90. The van der Waals surface area contributed by atoms with Crippen molar-refractivity contribution in [3.8, 4) is 0 Å². The van der Waals surface area contributed by atoms with Crippen molar-refractivity contribution in [2.45, 2.75) is 38.8 Å². The normalized spacial score (nSPS) is 13.6. The van der Waals surface area contributed by atoms with Crippen molar-refractivity contribution >= 4 is 23.8 Å². The van der Waals surface area contributed by atoms with Crippen molar-refractivity contribution in [1.29, 1.82) is 0 Å². The van der Waals surface area contributed by atoms with Crippen LogP contribution in [0.5, 0.6) is 0 Å². The molecule has 27 heavy (non-hydrogen) atoms. The summed E-state index contributed by atoms with van der Waals surface area (Å²) in [5, 5.41) is 5.17. The number of carbonyl (C=O) groups excluding carboxylic acids is 4. The van der Waals surface area contributed by atoms with Gasteiger partial charge < -0.3 is 20.1 Å². The zero-order valence-corrected chi connectivity index (χ0v) is 16.0. The van der Waals surface area contributed by atoms with Crippen molar-refractivity contribution in [1.82, 2.24) is 10.6 Å². The lowest BCUT2D eigenvalue weighted by Gasteiger charge is -2.25. The molecule has 0 spiro atoms. The van der Waals surface area contributed by atoms with Crippen LogP contribution in [-0.2, 0) is 35.1 Å². The summed E-state index contributed by atoms with van der Waals surface area (Å²) in [5.41, 5.74) is 0.851. The summed E-state index contributed by atoms with van der Waals surface area (Å²) in [6.45, 7) is 2.94. The first-order valence-electron chi connectivity index (χ1n) is 8.54. The molecule has 0 saturated carbocycles. The molecule has 0 aliphatic rings. The second-order valence-corrected chi connectivity index (χ2v) is 6.21. The van der Waals surface area contributed by atoms with Crippen molar-refractivity contribution in [3.05, 3.63) is 35.9 Å². The second kappa shape index (κ2) is 10.9. The summed E-state index contributed by atoms with van der Waals surface area (Å²) >= 11 is 0. The van der Waals surface area contributed by atoms with Crippen LogP contribution in [0.1, 0.15) is 25.8 Å². The van der Waals surface area contributed by atoms with Crippen LogP contribution in [0.4, 0.5) is 0 Å². The molecule has 0 saturated heterocycles. The number of amides is 2. The minimum absolute atomic E-state index is 0.0694. The number of hydrogen-bond acceptors (Lipinski definition) is 6. The minimum Gasteiger partial charge on any atom is -0.469 e. The Morgan fingerprint density at radius 3 is 2.15 bits per heavy atom. The summed E-state index contributed by atoms with van der Waals surface area (Å²) in [7, 11) is 2.44. The van der Waals surface area contributed by atoms with Gasteiger partial charge in [-0.15, -0.1) is 0 Å². The fourth-order valence-corrected chi connectivity index (χ4v) is 2.58. The summed E-state index contributed by atoms with van der Waals surface area (Å²) in [5.74, 6) is -2.65. The molecule has 0 aliphatic carbocycles. The molecular formula is C19H26N2O6. The van der Waals surface area contributed by atoms with Gasteiger partial charge in [0.15, 0.2) is 0 Å². The molecule has 148 valence electrons. The number of rotatable bonds is 9. The molecule has 0 aromatic heterocycles. The fraction of sp³-hybridized carbons (Fsp3) is 0.474. The lowest BCUT2D eigenvalue weighted by atomic mass is 9.97. The number of hydrogen-bond donors (Lipinski definition) is 2. The number of ether oxygens (including phenoxy) is 2. The van der Waals surface area contributed by atoms with E-state index < -0.39 is 35.8 Å². The second-order valence-electron chi connectivity index (χ2n) is 6.21. The smallest absolute Gasteiger partial charge is 0.328 e. The van der Waals surface area contributed by atoms with E-state index in [1.165, 1.54) is 21.1 Å². The summed E-state index contributed by atoms with van der Waals surface area (Å²) in [6.07, 6.45) is 0.186. The third-order valence-corrected chi connectivity index (χ3v) is 4.01. The predicted molar refractivity (Wildman–Crippen MR) is 97.5 cm³/mol. The third kappa shape index (κ3) is 7.47. The van der Waals surface area contributed by atoms with E-state index in [9.17, 15) is 19.2 Å². The first kappa shape index (κ1) is 22.1. The molecule has 0 aliphatic heterocycles. The van der Waals surface area contributed by atoms with Gasteiger partial charge in [0.05, 0.1) is 20.6 Å². The molecule has 8 nitrogen and oxygen atoms in total. The van der Waals surface area contributed by atoms with Crippen LogP contribution < -0.4 is 10.6 Å². The summed E-state index contributed by atoms with van der Waals surface area (Å²) in [4.78, 5) is 47.8. The van der Waals surface area contributed by atoms with E-state index in [0.29, 0.717) is 0 Å². The molecule has 0 radical (unpaired) electrons. The zero-order chi connectivity index (χ0) is 20.4. The average Bonchev–Trinajstić information content (AvgIpc) is 2.64. The number of nitrogens with one attached hydrogen (secondary N) is 2. The van der Waals surface area contributed by atoms with E-state index in [2.05, 4.69) is 15.4 Å². The molecule has 0 bridgehead atoms. The Morgan fingerprint density at radius 1 is 1.00 bits per heavy atom. The van der Waals surface area contributed by atoms with Crippen LogP contribution in [0.25, 0.3) is 0 Å². The van der Waals surface area contributed by atoms with Crippen LogP contribution in [0.15, 0.2) is 30.3 Å². The van der Waals surface area contributed by atoms with Crippen LogP contribution >= 0.6 is 0 Å². The molecule has 1 aromatic rings. The molecule has 0 heterocycles. The third-order valence-electron chi connectivity index (χ3n) is 4.01. The van der Waals surface area contributed by atoms with Crippen molar-refractivity contribution < 1.29 is 28.7 Å². The van der Waals surface area contributed by atoms with Gasteiger partial charge in [0.2, 0.25) is 11.8 Å². The molecule has 8 heteroatoms. The average molecular weight is 378 g/mol. The highest BCUT2D eigenvalue weighted by atomic mass is 16.5. The Hall–Kier alpha value is -2.90. The lowest BCUT2D eigenvalue weighted by molar-refractivity contribution is -0.148. The molecule has 1 rings (SSSR count). The van der Waals surface area contributed by atoms with Gasteiger partial charge in [0.25, 0.3) is 0 Å². The maximum atomic E-state index is 12.7. The zero-order valence-electron chi connectivity index (χ0n) is 16.0. The predicted octanol–water partition coefficient (Wildman–Crippen LogP) is 0.591. The van der Waals surface area contributed by atoms with Gasteiger partial charge in [-0.25, -0.2) is 4.79 Å². The van der Waals surface area contributed by atoms with E-state index in [1.807, 2.05) is 30.3 Å². The molecule has 2 amide bonds. The van der Waals surface area contributed by atoms with Crippen molar-refractivity contribution in [2.75, 3.05) is 14.2 Å². The molecule has 1 aromatic carbocycles. The number of benzene rings is 1. The molecule has 3 atom stereocenters. The number of carbonyl (C=O) groups is 4. The van der Waals surface area contributed by atoms with E-state index in [4.69, 9.17) is 4.74 Å². The first-order valence-corrected chi connectivity index (χ1v) is 8.54. The molecule has 0 unspecified atom stereocenters. The van der Waals surface area contributed by atoms with Gasteiger partial charge in [-0.2, -0.15) is 0 Å². The number of esters is 2. The van der Waals surface area contributed by atoms with Crippen LogP contribution in [0, 0.1) is 5.92 Å². The summed E-state index contributed by atoms with van der Waals surface area (Å²) < 4.78 is 9.34. The fourth-order valence-electron chi connectivity index (χ4n) is 2.58. The SMILES string of the molecule is COC(=O)C[C@@H](C)[C@@H](NC(=O)[C@@H](Cc1ccccc1)NC(C)=O)C(=O)OC. The molecule has 2 N–H and O–H groups in total. The standard InChI is InChI=1S/C19H26N2O6/c1-12(10-16(23)26-3)17(19(25)27-4)21-18(24)15(20-13(2)22)11-14-8-6-5-7-9-14/h5-9,12,15,17H,10-11H2,1-4H3,(H,20,22)(H,21,24)/t12-,15-,17-/m1/s1. The first-order chi connectivity index (χ1) is 12.8. The molecule has 0 fully saturated rings. The van der Waals surface area contributed by atoms with Crippen LogP contribution in [0.3, 0.4) is 0 Å². The van der Waals surface area contributed by atoms with E-state index in [1.54, 1.807) is 6.92 Å². The minimum atomic E-state index is -1.05. The van der Waals surface area contributed by atoms with Crippen molar-refractivity contribution in [2.24, 2.45) is 5.92 Å². The van der Waals surface area contributed by atoms with Crippen molar-refractivity contribution in [3.63, 3.8) is 0 Å². The van der Waals surface area contributed by atoms with E-state index in [0.717, 1.165) is 5.56 Å². The Labute approximate surface area is 158 Å². The highest BCUT2D eigenvalue weighted by Crippen LogP contribution is 2.12. The topological polar surface area (TPSA) is 111 Å². The quantitative estimate of drug-likeness (QED) is 0.609. The Morgan fingerprint density at radius 2 is 1.63 bits per heavy atom. The Kier molecular flexibility index (Phi) is 8.98. The van der Waals surface area contributed by atoms with Gasteiger partial charge in [0.1, 0.15) is 12.1 Å². The van der Waals surface area contributed by atoms with Gasteiger partial charge in [0, 0.05) is 13.3 Å². The van der Waals surface area contributed by atoms with Gasteiger partial charge >= 0.3 is 11.9 Å². The van der Waals surface area contributed by atoms with Gasteiger partial charge in [-0.1, -0.05) is 37.3 Å². The lowest BCUT2D eigenvalue weighted by Crippen LogP contribution is -2.54. The molecular weight excluding hydrogens is 352 g/mol. The van der Waals surface area contributed by atoms with E-state index >= 15 is 0 Å². The maximum absolute atomic E-state index is 12.7. The van der Waals surface area contributed by atoms with E-state index in [-0.39, 0.29) is 18.7 Å². The Bertz CT molecular complexity index is 661. The van der Waals surface area contributed by atoms with Crippen LogP contribution in [-0.4, -0.2) is 50.1 Å². The highest BCUT2D eigenvalue weighted by Gasteiger charge is 2.32. The monoisotopic (exact) mass is 378 g/mol. The van der Waals surface area contributed by atoms with Gasteiger partial charge in [-0.05, 0) is 11.5 Å². The van der Waals surface area contributed by atoms with Crippen LogP contribution in [0.2, 0.25) is 0 Å². The Balaban J connectivity index is 2.94. The number of methoxy groups -OCH3 is 2. The largest absolute Gasteiger partial charge is 0.469 e. The maximum Gasteiger partial charge on any atom is 0.328 e. The van der Waals surface area contributed by atoms with Gasteiger partial charge in [-0.3, -0.25) is 14.4 Å².